The van der Waals surface area contributed by atoms with Crippen molar-refractivity contribution in [3.05, 3.63) is 105 Å². The highest BCUT2D eigenvalue weighted by atomic mass is 32.2. The van der Waals surface area contributed by atoms with Gasteiger partial charge in [-0.25, -0.2) is 8.42 Å². The highest BCUT2D eigenvalue weighted by Gasteiger charge is 2.43. The molecule has 0 radical (unpaired) electrons. The molecule has 1 aliphatic carbocycles. The molecule has 1 amide bonds. The summed E-state index contributed by atoms with van der Waals surface area (Å²) in [6.45, 7) is 1.71. The first-order chi connectivity index (χ1) is 17.8. The van der Waals surface area contributed by atoms with Crippen LogP contribution in [0, 0.1) is 10.1 Å². The standard InChI is InChI=1S/C28H29N3O5S/c1-19(32)29-22-16-17-30(37(35,36)24-14-12-23(13-15-24)31(33)34)27(18-22)28-25-8-4-2-6-20(25)10-11-21-7-3-5-9-26(21)28/h2-9,12-15,22,27-28H,10-11,16-18H2,1H3,(H,29,32). The quantitative estimate of drug-likeness (QED) is 0.402. The molecule has 2 aliphatic rings. The van der Waals surface area contributed by atoms with Gasteiger partial charge in [0, 0.05) is 43.6 Å². The van der Waals surface area contributed by atoms with Crippen LogP contribution >= 0.6 is 0 Å². The van der Waals surface area contributed by atoms with Crippen LogP contribution in [-0.2, 0) is 27.7 Å². The molecule has 1 fully saturated rings. The maximum Gasteiger partial charge on any atom is 0.269 e. The molecule has 37 heavy (non-hydrogen) atoms. The van der Waals surface area contributed by atoms with Crippen molar-refractivity contribution < 1.29 is 18.1 Å². The summed E-state index contributed by atoms with van der Waals surface area (Å²) in [4.78, 5) is 22.5. The summed E-state index contributed by atoms with van der Waals surface area (Å²) < 4.78 is 29.6. The van der Waals surface area contributed by atoms with Gasteiger partial charge < -0.3 is 5.32 Å². The van der Waals surface area contributed by atoms with Crippen LogP contribution in [-0.4, -0.2) is 42.2 Å². The largest absolute Gasteiger partial charge is 0.354 e. The van der Waals surface area contributed by atoms with Crippen molar-refractivity contribution in [3.8, 4) is 0 Å². The summed E-state index contributed by atoms with van der Waals surface area (Å²) >= 11 is 0. The molecule has 0 bridgehead atoms. The Labute approximate surface area is 216 Å². The Bertz CT molecular complexity index is 1390. The van der Waals surface area contributed by atoms with Crippen LogP contribution in [0.2, 0.25) is 0 Å². The highest BCUT2D eigenvalue weighted by molar-refractivity contribution is 7.89. The minimum atomic E-state index is -3.97. The number of rotatable bonds is 5. The van der Waals surface area contributed by atoms with E-state index in [0.29, 0.717) is 12.8 Å². The van der Waals surface area contributed by atoms with E-state index in [2.05, 4.69) is 29.6 Å². The topological polar surface area (TPSA) is 110 Å². The maximum absolute atomic E-state index is 14.0. The van der Waals surface area contributed by atoms with Crippen LogP contribution in [0.1, 0.15) is 47.9 Å². The second-order valence-electron chi connectivity index (χ2n) is 9.73. The lowest BCUT2D eigenvalue weighted by atomic mass is 9.78. The third kappa shape index (κ3) is 4.89. The van der Waals surface area contributed by atoms with Crippen LogP contribution in [0.5, 0.6) is 0 Å². The van der Waals surface area contributed by atoms with Gasteiger partial charge >= 0.3 is 0 Å². The number of non-ortho nitro benzene ring substituents is 1. The zero-order chi connectivity index (χ0) is 26.2. The lowest BCUT2D eigenvalue weighted by Crippen LogP contribution is -2.53. The number of piperidine rings is 1. The molecule has 192 valence electrons. The Morgan fingerprint density at radius 1 is 0.946 bits per heavy atom. The number of carbonyl (C=O) groups excluding carboxylic acids is 1. The smallest absolute Gasteiger partial charge is 0.269 e. The first kappa shape index (κ1) is 25.1. The number of carbonyl (C=O) groups is 1. The van der Waals surface area contributed by atoms with Crippen LogP contribution in [0.3, 0.4) is 0 Å². The zero-order valence-electron chi connectivity index (χ0n) is 20.5. The molecule has 3 aromatic rings. The first-order valence-electron chi connectivity index (χ1n) is 12.4. The predicted molar refractivity (Wildman–Crippen MR) is 140 cm³/mol. The van der Waals surface area contributed by atoms with E-state index in [-0.39, 0.29) is 35.0 Å². The van der Waals surface area contributed by atoms with E-state index in [9.17, 15) is 23.3 Å². The van der Waals surface area contributed by atoms with Crippen LogP contribution < -0.4 is 5.32 Å². The molecule has 2 atom stereocenters. The minimum Gasteiger partial charge on any atom is -0.354 e. The minimum absolute atomic E-state index is 0.0243. The number of hydrogen-bond donors (Lipinski definition) is 1. The van der Waals surface area contributed by atoms with Gasteiger partial charge in [-0.2, -0.15) is 4.31 Å². The number of sulfonamides is 1. The summed E-state index contributed by atoms with van der Waals surface area (Å²) in [6, 6.07) is 20.8. The van der Waals surface area contributed by atoms with Gasteiger partial charge in [0.25, 0.3) is 5.69 Å². The van der Waals surface area contributed by atoms with Gasteiger partial charge in [-0.3, -0.25) is 14.9 Å². The van der Waals surface area contributed by atoms with Gasteiger partial charge in [0.05, 0.1) is 9.82 Å². The first-order valence-corrected chi connectivity index (χ1v) is 13.9. The summed E-state index contributed by atoms with van der Waals surface area (Å²) in [5, 5.41) is 14.1. The van der Waals surface area contributed by atoms with E-state index in [1.165, 1.54) is 42.3 Å². The summed E-state index contributed by atoms with van der Waals surface area (Å²) in [5.74, 6) is -0.364. The summed E-state index contributed by atoms with van der Waals surface area (Å²) in [7, 11) is -3.97. The molecular formula is C28H29N3O5S. The number of fused-ring (bicyclic) bond motifs is 2. The molecule has 5 rings (SSSR count). The molecule has 1 heterocycles. The molecule has 0 aromatic heterocycles. The normalized spacial score (nSPS) is 20.4. The van der Waals surface area contributed by atoms with Gasteiger partial charge in [-0.1, -0.05) is 48.5 Å². The second kappa shape index (κ2) is 10.1. The van der Waals surface area contributed by atoms with E-state index >= 15 is 0 Å². The van der Waals surface area contributed by atoms with Crippen LogP contribution in [0.15, 0.2) is 77.7 Å². The van der Waals surface area contributed by atoms with Gasteiger partial charge in [-0.05, 0) is 60.1 Å². The third-order valence-corrected chi connectivity index (χ3v) is 9.42. The molecule has 3 aromatic carbocycles. The van der Waals surface area contributed by atoms with Crippen molar-refractivity contribution >= 4 is 21.6 Å². The number of nitro groups is 1. The van der Waals surface area contributed by atoms with Gasteiger partial charge in [-0.15, -0.1) is 0 Å². The van der Waals surface area contributed by atoms with Crippen molar-refractivity contribution in [1.82, 2.24) is 9.62 Å². The monoisotopic (exact) mass is 519 g/mol. The second-order valence-corrected chi connectivity index (χ2v) is 11.6. The number of aryl methyl sites for hydroxylation is 2. The molecule has 8 nitrogen and oxygen atoms in total. The van der Waals surface area contributed by atoms with Crippen molar-refractivity contribution in [2.24, 2.45) is 0 Å². The molecule has 2 unspecified atom stereocenters. The van der Waals surface area contributed by atoms with Crippen molar-refractivity contribution in [2.45, 2.75) is 55.5 Å². The average molecular weight is 520 g/mol. The Hall–Kier alpha value is -3.56. The number of hydrogen-bond acceptors (Lipinski definition) is 5. The van der Waals surface area contributed by atoms with Gasteiger partial charge in [0.1, 0.15) is 0 Å². The summed E-state index contributed by atoms with van der Waals surface area (Å²) in [6.07, 6.45) is 2.67. The van der Waals surface area contributed by atoms with Crippen LogP contribution in [0.25, 0.3) is 0 Å². The number of nitro benzene ring substituents is 1. The average Bonchev–Trinajstić information content (AvgIpc) is 3.05. The molecule has 1 aliphatic heterocycles. The Balaban J connectivity index is 1.64. The fourth-order valence-corrected chi connectivity index (χ4v) is 7.51. The molecule has 1 saturated heterocycles. The van der Waals surface area contributed by atoms with E-state index in [0.717, 1.165) is 24.0 Å². The number of nitrogens with one attached hydrogen (secondary N) is 1. The predicted octanol–water partition coefficient (Wildman–Crippen LogP) is 4.18. The lowest BCUT2D eigenvalue weighted by Gasteiger charge is -2.43. The number of nitrogens with zero attached hydrogens (tertiary/aromatic N) is 2. The van der Waals surface area contributed by atoms with Gasteiger partial charge in [0.2, 0.25) is 15.9 Å². The molecular weight excluding hydrogens is 490 g/mol. The lowest BCUT2D eigenvalue weighted by molar-refractivity contribution is -0.384. The van der Waals surface area contributed by atoms with Crippen molar-refractivity contribution in [1.29, 1.82) is 0 Å². The van der Waals surface area contributed by atoms with E-state index in [1.807, 2.05) is 24.3 Å². The molecule has 0 saturated carbocycles. The number of benzene rings is 3. The number of amides is 1. The fraction of sp³-hybridized carbons (Fsp3) is 0.321. The zero-order valence-corrected chi connectivity index (χ0v) is 21.4. The molecule has 1 N–H and O–H groups in total. The van der Waals surface area contributed by atoms with Gasteiger partial charge in [0.15, 0.2) is 0 Å². The van der Waals surface area contributed by atoms with Crippen molar-refractivity contribution in [3.63, 3.8) is 0 Å². The van der Waals surface area contributed by atoms with Crippen molar-refractivity contribution in [2.75, 3.05) is 6.54 Å². The van der Waals surface area contributed by atoms with E-state index < -0.39 is 21.0 Å². The highest BCUT2D eigenvalue weighted by Crippen LogP contribution is 2.43. The Morgan fingerprint density at radius 3 is 2.05 bits per heavy atom. The molecule has 9 heteroatoms. The summed E-state index contributed by atoms with van der Waals surface area (Å²) in [5.41, 5.74) is 4.43. The molecule has 0 spiro atoms. The fourth-order valence-electron chi connectivity index (χ4n) is 5.85. The SMILES string of the molecule is CC(=O)NC1CCN(S(=O)(=O)c2ccc([N+](=O)[O-])cc2)C(C2c3ccccc3CCc3ccccc32)C1. The third-order valence-electron chi connectivity index (χ3n) is 7.48. The Morgan fingerprint density at radius 2 is 1.51 bits per heavy atom. The van der Waals surface area contributed by atoms with E-state index in [4.69, 9.17) is 0 Å². The van der Waals surface area contributed by atoms with E-state index in [1.54, 1.807) is 4.31 Å². The van der Waals surface area contributed by atoms with Crippen LogP contribution in [0.4, 0.5) is 5.69 Å². The maximum atomic E-state index is 14.0. The Kier molecular flexibility index (Phi) is 6.83.